The van der Waals surface area contributed by atoms with Crippen LogP contribution >= 0.6 is 15.9 Å². The predicted octanol–water partition coefficient (Wildman–Crippen LogP) is 2.95. The average Bonchev–Trinajstić information content (AvgIpc) is 2.26. The van der Waals surface area contributed by atoms with Gasteiger partial charge in [0.05, 0.1) is 0 Å². The van der Waals surface area contributed by atoms with Crippen molar-refractivity contribution in [3.63, 3.8) is 0 Å². The molecule has 0 atom stereocenters. The van der Waals surface area contributed by atoms with Gasteiger partial charge < -0.3 is 4.42 Å². The first-order chi connectivity index (χ1) is 5.59. The van der Waals surface area contributed by atoms with Gasteiger partial charge in [-0.2, -0.15) is 0 Å². The summed E-state index contributed by atoms with van der Waals surface area (Å²) < 4.78 is 5.93. The first-order valence-corrected chi connectivity index (χ1v) is 4.33. The van der Waals surface area contributed by atoms with Gasteiger partial charge in [-0.15, -0.1) is 0 Å². The van der Waals surface area contributed by atoms with Crippen LogP contribution in [-0.4, -0.2) is 5.78 Å². The van der Waals surface area contributed by atoms with Crippen LogP contribution in [0.3, 0.4) is 0 Å². The van der Waals surface area contributed by atoms with E-state index in [0.717, 1.165) is 11.3 Å². The third-order valence-corrected chi connectivity index (χ3v) is 1.79. The number of halogens is 1. The molecule has 1 aromatic heterocycles. The Hall–Kier alpha value is -0.830. The summed E-state index contributed by atoms with van der Waals surface area (Å²) in [7, 11) is 0. The molecule has 0 aliphatic rings. The lowest BCUT2D eigenvalue weighted by molar-refractivity contribution is -0.112. The Kier molecular flexibility index (Phi) is 2.87. The standard InChI is InChI=1S/C9H9BrO2/c1-6-5-9(10)12-8(6)4-3-7(2)11/h3-5H,1-2H3/b4-3+. The summed E-state index contributed by atoms with van der Waals surface area (Å²) in [6.07, 6.45) is 3.15. The quantitative estimate of drug-likeness (QED) is 0.729. The molecule has 0 N–H and O–H groups in total. The number of hydrogen-bond donors (Lipinski definition) is 0. The Labute approximate surface area is 79.4 Å². The smallest absolute Gasteiger partial charge is 0.170 e. The van der Waals surface area contributed by atoms with E-state index in [1.807, 2.05) is 13.0 Å². The third-order valence-electron chi connectivity index (χ3n) is 1.40. The molecule has 64 valence electrons. The van der Waals surface area contributed by atoms with E-state index in [-0.39, 0.29) is 5.78 Å². The van der Waals surface area contributed by atoms with E-state index in [1.54, 1.807) is 6.08 Å². The fourth-order valence-electron chi connectivity index (χ4n) is 0.815. The first kappa shape index (κ1) is 9.26. The van der Waals surface area contributed by atoms with Gasteiger partial charge in [0.15, 0.2) is 10.5 Å². The Morgan fingerprint density at radius 3 is 2.75 bits per heavy atom. The monoisotopic (exact) mass is 228 g/mol. The lowest BCUT2D eigenvalue weighted by atomic mass is 10.2. The number of furan rings is 1. The molecule has 0 aromatic carbocycles. The van der Waals surface area contributed by atoms with Crippen LogP contribution < -0.4 is 0 Å². The average molecular weight is 229 g/mol. The van der Waals surface area contributed by atoms with Crippen molar-refractivity contribution in [3.05, 3.63) is 28.1 Å². The third kappa shape index (κ3) is 2.34. The van der Waals surface area contributed by atoms with Gasteiger partial charge in [0, 0.05) is 0 Å². The van der Waals surface area contributed by atoms with E-state index in [4.69, 9.17) is 4.42 Å². The molecule has 0 amide bonds. The van der Waals surface area contributed by atoms with E-state index in [9.17, 15) is 4.79 Å². The van der Waals surface area contributed by atoms with Crippen LogP contribution in [0.4, 0.5) is 0 Å². The Bertz CT molecular complexity index is 323. The second-order valence-electron chi connectivity index (χ2n) is 2.54. The largest absolute Gasteiger partial charge is 0.450 e. The molecule has 3 heteroatoms. The molecule has 1 heterocycles. The number of hydrogen-bond acceptors (Lipinski definition) is 2. The number of rotatable bonds is 2. The van der Waals surface area contributed by atoms with E-state index < -0.39 is 0 Å². The van der Waals surface area contributed by atoms with Crippen molar-refractivity contribution in [2.24, 2.45) is 0 Å². The molecule has 0 spiro atoms. The Morgan fingerprint density at radius 2 is 2.33 bits per heavy atom. The normalized spacial score (nSPS) is 10.9. The Morgan fingerprint density at radius 1 is 1.67 bits per heavy atom. The summed E-state index contributed by atoms with van der Waals surface area (Å²) in [4.78, 5) is 10.6. The molecule has 2 nitrogen and oxygen atoms in total. The lowest BCUT2D eigenvalue weighted by Crippen LogP contribution is -1.79. The van der Waals surface area contributed by atoms with Crippen LogP contribution in [-0.2, 0) is 4.79 Å². The molecule has 0 saturated heterocycles. The minimum Gasteiger partial charge on any atom is -0.450 e. The van der Waals surface area contributed by atoms with Gasteiger partial charge in [0.2, 0.25) is 0 Å². The van der Waals surface area contributed by atoms with Gasteiger partial charge in [0.25, 0.3) is 0 Å². The SMILES string of the molecule is CC(=O)/C=C/c1oc(Br)cc1C. The van der Waals surface area contributed by atoms with E-state index in [2.05, 4.69) is 15.9 Å². The molecule has 0 unspecified atom stereocenters. The van der Waals surface area contributed by atoms with E-state index in [1.165, 1.54) is 13.0 Å². The molecule has 0 radical (unpaired) electrons. The van der Waals surface area contributed by atoms with Crippen molar-refractivity contribution in [1.29, 1.82) is 0 Å². The van der Waals surface area contributed by atoms with Crippen LogP contribution in [0, 0.1) is 6.92 Å². The summed E-state index contributed by atoms with van der Waals surface area (Å²) in [5, 5.41) is 0. The number of allylic oxidation sites excluding steroid dienone is 1. The van der Waals surface area contributed by atoms with Crippen molar-refractivity contribution in [2.75, 3.05) is 0 Å². The zero-order valence-corrected chi connectivity index (χ0v) is 8.51. The van der Waals surface area contributed by atoms with Crippen LogP contribution in [0.25, 0.3) is 6.08 Å². The minimum absolute atomic E-state index is 0.0157. The van der Waals surface area contributed by atoms with E-state index in [0.29, 0.717) is 4.67 Å². The molecule has 0 aliphatic heterocycles. The van der Waals surface area contributed by atoms with Gasteiger partial charge in [-0.25, -0.2) is 0 Å². The Balaban J connectivity index is 2.89. The maximum absolute atomic E-state index is 10.6. The molecule has 0 aliphatic carbocycles. The lowest BCUT2D eigenvalue weighted by Gasteiger charge is -1.86. The summed E-state index contributed by atoms with van der Waals surface area (Å²) >= 11 is 3.20. The number of carbonyl (C=O) groups is 1. The van der Waals surface area contributed by atoms with Gasteiger partial charge >= 0.3 is 0 Å². The van der Waals surface area contributed by atoms with E-state index >= 15 is 0 Å². The fraction of sp³-hybridized carbons (Fsp3) is 0.222. The summed E-state index contributed by atoms with van der Waals surface area (Å²) in [6, 6.07) is 1.86. The van der Waals surface area contributed by atoms with Gasteiger partial charge in [-0.05, 0) is 53.6 Å². The molecule has 0 fully saturated rings. The van der Waals surface area contributed by atoms with Gasteiger partial charge in [0.1, 0.15) is 5.76 Å². The minimum atomic E-state index is 0.0157. The molecule has 12 heavy (non-hydrogen) atoms. The number of carbonyl (C=O) groups excluding carboxylic acids is 1. The van der Waals surface area contributed by atoms with Crippen LogP contribution in [0.15, 0.2) is 21.2 Å². The molecular formula is C9H9BrO2. The van der Waals surface area contributed by atoms with Crippen molar-refractivity contribution < 1.29 is 9.21 Å². The molecular weight excluding hydrogens is 220 g/mol. The van der Waals surface area contributed by atoms with Crippen molar-refractivity contribution in [1.82, 2.24) is 0 Å². The summed E-state index contributed by atoms with van der Waals surface area (Å²) in [6.45, 7) is 3.43. The van der Waals surface area contributed by atoms with Crippen LogP contribution in [0.5, 0.6) is 0 Å². The summed E-state index contributed by atoms with van der Waals surface area (Å²) in [5.41, 5.74) is 1.01. The second kappa shape index (κ2) is 3.72. The molecule has 1 rings (SSSR count). The maximum Gasteiger partial charge on any atom is 0.170 e. The molecule has 0 saturated carbocycles. The van der Waals surface area contributed by atoms with Gasteiger partial charge in [-0.1, -0.05) is 0 Å². The van der Waals surface area contributed by atoms with Crippen LogP contribution in [0.1, 0.15) is 18.2 Å². The highest BCUT2D eigenvalue weighted by molar-refractivity contribution is 9.10. The number of aryl methyl sites for hydroxylation is 1. The van der Waals surface area contributed by atoms with Gasteiger partial charge in [-0.3, -0.25) is 4.79 Å². The summed E-state index contributed by atoms with van der Waals surface area (Å²) in [5.74, 6) is 0.735. The molecule has 0 bridgehead atoms. The topological polar surface area (TPSA) is 30.2 Å². The fourth-order valence-corrected chi connectivity index (χ4v) is 1.33. The zero-order chi connectivity index (χ0) is 9.14. The highest BCUT2D eigenvalue weighted by Crippen LogP contribution is 2.20. The highest BCUT2D eigenvalue weighted by Gasteiger charge is 2.01. The zero-order valence-electron chi connectivity index (χ0n) is 6.93. The predicted molar refractivity (Wildman–Crippen MR) is 50.9 cm³/mol. The van der Waals surface area contributed by atoms with Crippen molar-refractivity contribution in [2.45, 2.75) is 13.8 Å². The second-order valence-corrected chi connectivity index (χ2v) is 3.32. The van der Waals surface area contributed by atoms with Crippen molar-refractivity contribution in [3.8, 4) is 0 Å². The highest BCUT2D eigenvalue weighted by atomic mass is 79.9. The molecule has 1 aromatic rings. The van der Waals surface area contributed by atoms with Crippen molar-refractivity contribution >= 4 is 27.8 Å². The maximum atomic E-state index is 10.6. The first-order valence-electron chi connectivity index (χ1n) is 3.54. The van der Waals surface area contributed by atoms with Crippen LogP contribution in [0.2, 0.25) is 0 Å². The number of ketones is 1.